The summed E-state index contributed by atoms with van der Waals surface area (Å²) in [5, 5.41) is 12.0. The van der Waals surface area contributed by atoms with Crippen molar-refractivity contribution in [1.82, 2.24) is 5.32 Å². The van der Waals surface area contributed by atoms with E-state index in [1.807, 2.05) is 36.4 Å². The summed E-state index contributed by atoms with van der Waals surface area (Å²) in [6.45, 7) is 2.07. The fourth-order valence-electron chi connectivity index (χ4n) is 1.87. The summed E-state index contributed by atoms with van der Waals surface area (Å²) >= 11 is 0. The van der Waals surface area contributed by atoms with Crippen molar-refractivity contribution in [3.05, 3.63) is 54.1 Å². The number of carbonyl (C=O) groups excluding carboxylic acids is 1. The van der Waals surface area contributed by atoms with Crippen LogP contribution in [0, 0.1) is 11.8 Å². The summed E-state index contributed by atoms with van der Waals surface area (Å²) in [4.78, 5) is 10.7. The van der Waals surface area contributed by atoms with Crippen molar-refractivity contribution in [3.63, 3.8) is 0 Å². The van der Waals surface area contributed by atoms with Crippen molar-refractivity contribution in [1.29, 1.82) is 0 Å². The van der Waals surface area contributed by atoms with Crippen LogP contribution in [0.1, 0.15) is 18.9 Å². The molecular weight excluding hydrogens is 262 g/mol. The molecule has 3 nitrogen and oxygen atoms in total. The lowest BCUT2D eigenvalue weighted by atomic mass is 10.0. The van der Waals surface area contributed by atoms with Gasteiger partial charge in [-0.05, 0) is 35.4 Å². The third kappa shape index (κ3) is 4.70. The Labute approximate surface area is 124 Å². The van der Waals surface area contributed by atoms with E-state index < -0.39 is 0 Å². The van der Waals surface area contributed by atoms with E-state index in [0.717, 1.165) is 16.7 Å². The summed E-state index contributed by atoms with van der Waals surface area (Å²) in [5.41, 5.74) is 3.08. The summed E-state index contributed by atoms with van der Waals surface area (Å²) in [7, 11) is 0. The highest BCUT2D eigenvalue weighted by Crippen LogP contribution is 2.21. The van der Waals surface area contributed by atoms with Gasteiger partial charge in [-0.1, -0.05) is 36.1 Å². The minimum Gasteiger partial charge on any atom is -0.508 e. The Morgan fingerprint density at radius 1 is 1.05 bits per heavy atom. The van der Waals surface area contributed by atoms with Gasteiger partial charge in [-0.3, -0.25) is 4.79 Å². The monoisotopic (exact) mass is 279 g/mol. The molecule has 2 rings (SSSR count). The second kappa shape index (κ2) is 7.16. The molecule has 0 aromatic heterocycles. The maximum absolute atomic E-state index is 10.7. The zero-order valence-electron chi connectivity index (χ0n) is 11.9. The molecule has 0 saturated heterocycles. The summed E-state index contributed by atoms with van der Waals surface area (Å²) in [6, 6.07) is 15.0. The molecule has 1 amide bonds. The van der Waals surface area contributed by atoms with Crippen molar-refractivity contribution < 1.29 is 9.90 Å². The lowest BCUT2D eigenvalue weighted by Crippen LogP contribution is -2.20. The molecule has 2 aromatic carbocycles. The van der Waals surface area contributed by atoms with Crippen LogP contribution in [0.4, 0.5) is 0 Å². The Hall–Kier alpha value is -2.73. The van der Waals surface area contributed by atoms with Crippen LogP contribution in [0.5, 0.6) is 5.75 Å². The Morgan fingerprint density at radius 3 is 2.19 bits per heavy atom. The molecule has 2 N–H and O–H groups in total. The highest BCUT2D eigenvalue weighted by atomic mass is 16.3. The summed E-state index contributed by atoms with van der Waals surface area (Å²) in [5.74, 6) is 6.32. The molecule has 0 saturated carbocycles. The van der Waals surface area contributed by atoms with E-state index in [2.05, 4.69) is 17.2 Å². The van der Waals surface area contributed by atoms with Gasteiger partial charge < -0.3 is 10.4 Å². The second-order valence-electron chi connectivity index (χ2n) is 4.66. The third-order valence-electron chi connectivity index (χ3n) is 2.94. The Balaban J connectivity index is 1.97. The number of nitrogens with one attached hydrogen (secondary N) is 1. The standard InChI is InChI=1S/C18H17NO2/c1-14(20)19-13-3-2-4-15-5-7-16(8-6-15)17-9-11-18(21)12-10-17/h5-12,21H,3,13H2,1H3,(H,19,20). The normalized spacial score (nSPS) is 9.57. The first-order valence-electron chi connectivity index (χ1n) is 6.78. The largest absolute Gasteiger partial charge is 0.508 e. The average molecular weight is 279 g/mol. The first-order chi connectivity index (χ1) is 10.1. The molecule has 0 fully saturated rings. The van der Waals surface area contributed by atoms with Crippen LogP contribution in [0.25, 0.3) is 11.1 Å². The lowest BCUT2D eigenvalue weighted by Gasteiger charge is -2.02. The van der Waals surface area contributed by atoms with Crippen LogP contribution in [-0.2, 0) is 4.79 Å². The van der Waals surface area contributed by atoms with Gasteiger partial charge in [0.2, 0.25) is 5.91 Å². The van der Waals surface area contributed by atoms with Gasteiger partial charge in [0, 0.05) is 25.5 Å². The van der Waals surface area contributed by atoms with Gasteiger partial charge in [-0.15, -0.1) is 0 Å². The summed E-state index contributed by atoms with van der Waals surface area (Å²) < 4.78 is 0. The van der Waals surface area contributed by atoms with Crippen molar-refractivity contribution >= 4 is 5.91 Å². The van der Waals surface area contributed by atoms with Crippen molar-refractivity contribution in [2.75, 3.05) is 6.54 Å². The molecule has 0 radical (unpaired) electrons. The first-order valence-corrected chi connectivity index (χ1v) is 6.78. The Morgan fingerprint density at radius 2 is 1.62 bits per heavy atom. The van der Waals surface area contributed by atoms with Gasteiger partial charge in [0.25, 0.3) is 0 Å². The van der Waals surface area contributed by atoms with E-state index in [4.69, 9.17) is 0 Å². The SMILES string of the molecule is CC(=O)NCCC#Cc1ccc(-c2ccc(O)cc2)cc1. The average Bonchev–Trinajstić information content (AvgIpc) is 2.48. The molecule has 0 spiro atoms. The minimum atomic E-state index is -0.0324. The minimum absolute atomic E-state index is 0.0324. The number of carbonyl (C=O) groups is 1. The molecule has 0 atom stereocenters. The van der Waals surface area contributed by atoms with E-state index in [1.54, 1.807) is 12.1 Å². The van der Waals surface area contributed by atoms with E-state index >= 15 is 0 Å². The van der Waals surface area contributed by atoms with Crippen LogP contribution in [0.15, 0.2) is 48.5 Å². The molecule has 0 bridgehead atoms. The first kappa shape index (κ1) is 14.7. The number of aromatic hydroxyl groups is 1. The molecule has 0 unspecified atom stereocenters. The molecule has 0 aliphatic rings. The van der Waals surface area contributed by atoms with Crippen molar-refractivity contribution in [2.45, 2.75) is 13.3 Å². The van der Waals surface area contributed by atoms with Crippen molar-refractivity contribution in [2.24, 2.45) is 0 Å². The van der Waals surface area contributed by atoms with Gasteiger partial charge in [0.1, 0.15) is 5.75 Å². The maximum atomic E-state index is 10.7. The third-order valence-corrected chi connectivity index (χ3v) is 2.94. The predicted molar refractivity (Wildman–Crippen MR) is 83.7 cm³/mol. The van der Waals surface area contributed by atoms with Crippen LogP contribution in [-0.4, -0.2) is 17.6 Å². The zero-order chi connectivity index (χ0) is 15.1. The number of rotatable bonds is 3. The van der Waals surface area contributed by atoms with Gasteiger partial charge in [0.15, 0.2) is 0 Å². The van der Waals surface area contributed by atoms with E-state index in [1.165, 1.54) is 6.92 Å². The molecule has 2 aromatic rings. The number of hydrogen-bond acceptors (Lipinski definition) is 2. The molecule has 3 heteroatoms. The molecule has 21 heavy (non-hydrogen) atoms. The van der Waals surface area contributed by atoms with Gasteiger partial charge in [-0.2, -0.15) is 0 Å². The molecule has 0 aliphatic heterocycles. The van der Waals surface area contributed by atoms with Gasteiger partial charge in [-0.25, -0.2) is 0 Å². The number of hydrogen-bond donors (Lipinski definition) is 2. The van der Waals surface area contributed by atoms with Crippen LogP contribution < -0.4 is 5.32 Å². The topological polar surface area (TPSA) is 49.3 Å². The Kier molecular flexibility index (Phi) is 5.00. The quantitative estimate of drug-likeness (QED) is 0.670. The number of phenolic OH excluding ortho intramolecular Hbond substituents is 1. The lowest BCUT2D eigenvalue weighted by molar-refractivity contribution is -0.118. The highest BCUT2D eigenvalue weighted by Gasteiger charge is 1.97. The molecular formula is C18H17NO2. The number of phenols is 1. The zero-order valence-corrected chi connectivity index (χ0v) is 11.9. The summed E-state index contributed by atoms with van der Waals surface area (Å²) in [6.07, 6.45) is 0.638. The number of amides is 1. The maximum Gasteiger partial charge on any atom is 0.216 e. The fraction of sp³-hybridized carbons (Fsp3) is 0.167. The molecule has 0 heterocycles. The fourth-order valence-corrected chi connectivity index (χ4v) is 1.87. The smallest absolute Gasteiger partial charge is 0.216 e. The van der Waals surface area contributed by atoms with Crippen LogP contribution >= 0.6 is 0 Å². The molecule has 0 aliphatic carbocycles. The van der Waals surface area contributed by atoms with E-state index in [-0.39, 0.29) is 11.7 Å². The van der Waals surface area contributed by atoms with Gasteiger partial charge in [0.05, 0.1) is 0 Å². The number of benzene rings is 2. The van der Waals surface area contributed by atoms with E-state index in [9.17, 15) is 9.90 Å². The second-order valence-corrected chi connectivity index (χ2v) is 4.66. The van der Waals surface area contributed by atoms with Crippen molar-refractivity contribution in [3.8, 4) is 28.7 Å². The predicted octanol–water partition coefficient (Wildman–Crippen LogP) is 2.94. The van der Waals surface area contributed by atoms with Gasteiger partial charge >= 0.3 is 0 Å². The molecule has 106 valence electrons. The van der Waals surface area contributed by atoms with E-state index in [0.29, 0.717) is 13.0 Å². The van der Waals surface area contributed by atoms with Crippen LogP contribution in [0.2, 0.25) is 0 Å². The van der Waals surface area contributed by atoms with Crippen LogP contribution in [0.3, 0.4) is 0 Å². The Bertz CT molecular complexity index is 661. The highest BCUT2D eigenvalue weighted by molar-refractivity contribution is 5.72.